The van der Waals surface area contributed by atoms with E-state index in [2.05, 4.69) is 5.32 Å². The molecule has 0 fully saturated rings. The highest BCUT2D eigenvalue weighted by atomic mass is 16.5. The van der Waals surface area contributed by atoms with Crippen LogP contribution in [0, 0.1) is 0 Å². The molecule has 0 atom stereocenters. The molecule has 1 heterocycles. The number of hydrogen-bond acceptors (Lipinski definition) is 4. The Hall–Kier alpha value is -2.23. The Balaban J connectivity index is 1.89. The van der Waals surface area contributed by atoms with E-state index in [0.717, 1.165) is 17.7 Å². The number of furan rings is 1. The van der Waals surface area contributed by atoms with Gasteiger partial charge in [0.15, 0.2) is 0 Å². The van der Waals surface area contributed by atoms with Crippen molar-refractivity contribution in [1.82, 2.24) is 0 Å². The van der Waals surface area contributed by atoms with Crippen molar-refractivity contribution in [2.24, 2.45) is 0 Å². The summed E-state index contributed by atoms with van der Waals surface area (Å²) in [6.07, 6.45) is 4.17. The van der Waals surface area contributed by atoms with Crippen molar-refractivity contribution >= 4 is 11.7 Å². The van der Waals surface area contributed by atoms with E-state index < -0.39 is 0 Å². The first kappa shape index (κ1) is 13.2. The molecule has 2 rings (SSSR count). The van der Waals surface area contributed by atoms with Gasteiger partial charge in [-0.25, -0.2) is 4.79 Å². The molecule has 0 aliphatic carbocycles. The molecule has 19 heavy (non-hydrogen) atoms. The van der Waals surface area contributed by atoms with Crippen molar-refractivity contribution in [3.05, 3.63) is 54.0 Å². The van der Waals surface area contributed by atoms with Crippen LogP contribution in [0.15, 0.2) is 47.3 Å². The Morgan fingerprint density at radius 2 is 2.05 bits per heavy atom. The largest absolute Gasteiger partial charge is 0.472 e. The zero-order valence-corrected chi connectivity index (χ0v) is 10.9. The maximum atomic E-state index is 11.6. The lowest BCUT2D eigenvalue weighted by atomic mass is 10.2. The number of nitrogens with one attached hydrogen (secondary N) is 1. The summed E-state index contributed by atoms with van der Waals surface area (Å²) in [7, 11) is 0. The van der Waals surface area contributed by atoms with Gasteiger partial charge in [0.05, 0.1) is 24.7 Å². The molecule has 0 aliphatic heterocycles. The van der Waals surface area contributed by atoms with Crippen LogP contribution in [-0.2, 0) is 11.3 Å². The minimum absolute atomic E-state index is 0.275. The third-order valence-electron chi connectivity index (χ3n) is 2.63. The van der Waals surface area contributed by atoms with Crippen molar-refractivity contribution in [3.63, 3.8) is 0 Å². The van der Waals surface area contributed by atoms with Gasteiger partial charge in [0, 0.05) is 17.8 Å². The van der Waals surface area contributed by atoms with E-state index in [4.69, 9.17) is 9.15 Å². The maximum absolute atomic E-state index is 11.6. The highest BCUT2D eigenvalue weighted by molar-refractivity contribution is 5.89. The molecule has 1 aromatic heterocycles. The number of esters is 1. The van der Waals surface area contributed by atoms with E-state index in [-0.39, 0.29) is 5.97 Å². The van der Waals surface area contributed by atoms with Gasteiger partial charge in [-0.1, -0.05) is 6.92 Å². The SMILES string of the molecule is CCCOC(=O)c1ccc(NCc2ccoc2)cc1. The first-order valence-electron chi connectivity index (χ1n) is 6.31. The van der Waals surface area contributed by atoms with Crippen LogP contribution in [0.5, 0.6) is 0 Å². The zero-order chi connectivity index (χ0) is 13.5. The molecule has 0 aliphatic rings. The molecule has 1 aromatic carbocycles. The van der Waals surface area contributed by atoms with Crippen molar-refractivity contribution < 1.29 is 13.9 Å². The highest BCUT2D eigenvalue weighted by Crippen LogP contribution is 2.12. The van der Waals surface area contributed by atoms with Gasteiger partial charge < -0.3 is 14.5 Å². The molecule has 4 heteroatoms. The number of rotatable bonds is 6. The number of carbonyl (C=O) groups excluding carboxylic acids is 1. The summed E-state index contributed by atoms with van der Waals surface area (Å²) in [4.78, 5) is 11.6. The molecule has 0 bridgehead atoms. The van der Waals surface area contributed by atoms with Crippen molar-refractivity contribution in [3.8, 4) is 0 Å². The molecule has 1 N–H and O–H groups in total. The average molecular weight is 259 g/mol. The Labute approximate surface area is 112 Å². The van der Waals surface area contributed by atoms with E-state index in [1.165, 1.54) is 0 Å². The third-order valence-corrected chi connectivity index (χ3v) is 2.63. The summed E-state index contributed by atoms with van der Waals surface area (Å²) in [5.41, 5.74) is 2.60. The second-order valence-corrected chi connectivity index (χ2v) is 4.20. The smallest absolute Gasteiger partial charge is 0.338 e. The van der Waals surface area contributed by atoms with Gasteiger partial charge in [0.1, 0.15) is 0 Å². The molecule has 0 radical (unpaired) electrons. The molecule has 4 nitrogen and oxygen atoms in total. The van der Waals surface area contributed by atoms with E-state index in [1.807, 2.05) is 25.1 Å². The van der Waals surface area contributed by atoms with Crippen molar-refractivity contribution in [1.29, 1.82) is 0 Å². The molecule has 100 valence electrons. The topological polar surface area (TPSA) is 51.5 Å². The lowest BCUT2D eigenvalue weighted by Crippen LogP contribution is -2.06. The van der Waals surface area contributed by atoms with Crippen LogP contribution in [0.2, 0.25) is 0 Å². The third kappa shape index (κ3) is 3.88. The van der Waals surface area contributed by atoms with Gasteiger partial charge in [-0.2, -0.15) is 0 Å². The predicted molar refractivity (Wildman–Crippen MR) is 73.1 cm³/mol. The molecular formula is C15H17NO3. The second-order valence-electron chi connectivity index (χ2n) is 4.20. The first-order chi connectivity index (χ1) is 9.29. The number of carbonyl (C=O) groups is 1. The molecule has 0 amide bonds. The van der Waals surface area contributed by atoms with E-state index in [9.17, 15) is 4.79 Å². The van der Waals surface area contributed by atoms with Gasteiger partial charge in [-0.3, -0.25) is 0 Å². The summed E-state index contributed by atoms with van der Waals surface area (Å²) in [5.74, 6) is -0.275. The molecular weight excluding hydrogens is 242 g/mol. The van der Waals surface area contributed by atoms with E-state index in [1.54, 1.807) is 24.7 Å². The van der Waals surface area contributed by atoms with Crippen molar-refractivity contribution in [2.45, 2.75) is 19.9 Å². The molecule has 0 unspecified atom stereocenters. The maximum Gasteiger partial charge on any atom is 0.338 e. The molecule has 0 saturated carbocycles. The lowest BCUT2D eigenvalue weighted by Gasteiger charge is -2.06. The quantitative estimate of drug-likeness (QED) is 0.807. The van der Waals surface area contributed by atoms with Crippen LogP contribution >= 0.6 is 0 Å². The molecule has 0 spiro atoms. The Morgan fingerprint density at radius 1 is 1.26 bits per heavy atom. The monoisotopic (exact) mass is 259 g/mol. The predicted octanol–water partition coefficient (Wildman–Crippen LogP) is 3.46. The first-order valence-corrected chi connectivity index (χ1v) is 6.31. The van der Waals surface area contributed by atoms with E-state index >= 15 is 0 Å². The standard InChI is InChI=1S/C15H17NO3/c1-2-8-19-15(17)13-3-5-14(6-4-13)16-10-12-7-9-18-11-12/h3-7,9,11,16H,2,8,10H2,1H3. The van der Waals surface area contributed by atoms with Crippen LogP contribution in [-0.4, -0.2) is 12.6 Å². The summed E-state index contributed by atoms with van der Waals surface area (Å²) in [6.45, 7) is 3.12. The van der Waals surface area contributed by atoms with Crippen LogP contribution in [0.25, 0.3) is 0 Å². The molecule has 2 aromatic rings. The normalized spacial score (nSPS) is 10.2. The van der Waals surface area contributed by atoms with E-state index in [0.29, 0.717) is 18.7 Å². The Bertz CT molecular complexity index is 503. The number of anilines is 1. The summed E-state index contributed by atoms with van der Waals surface area (Å²) in [5, 5.41) is 3.24. The fourth-order valence-corrected chi connectivity index (χ4v) is 1.60. The zero-order valence-electron chi connectivity index (χ0n) is 10.9. The number of hydrogen-bond donors (Lipinski definition) is 1. The Kier molecular flexibility index (Phi) is 4.61. The summed E-state index contributed by atoms with van der Waals surface area (Å²) < 4.78 is 10.1. The summed E-state index contributed by atoms with van der Waals surface area (Å²) >= 11 is 0. The lowest BCUT2D eigenvalue weighted by molar-refractivity contribution is 0.0505. The van der Waals surface area contributed by atoms with Gasteiger partial charge in [0.2, 0.25) is 0 Å². The van der Waals surface area contributed by atoms with Crippen molar-refractivity contribution in [2.75, 3.05) is 11.9 Å². The molecule has 0 saturated heterocycles. The average Bonchev–Trinajstić information content (AvgIpc) is 2.96. The fraction of sp³-hybridized carbons (Fsp3) is 0.267. The summed E-state index contributed by atoms with van der Waals surface area (Å²) in [6, 6.07) is 9.15. The minimum Gasteiger partial charge on any atom is -0.472 e. The minimum atomic E-state index is -0.275. The number of benzene rings is 1. The van der Waals surface area contributed by atoms with Crippen LogP contribution < -0.4 is 5.32 Å². The fourth-order valence-electron chi connectivity index (χ4n) is 1.60. The van der Waals surface area contributed by atoms with Gasteiger partial charge in [-0.15, -0.1) is 0 Å². The second kappa shape index (κ2) is 6.64. The van der Waals surface area contributed by atoms with Gasteiger partial charge >= 0.3 is 5.97 Å². The number of ether oxygens (including phenoxy) is 1. The van der Waals surface area contributed by atoms with Crippen LogP contribution in [0.1, 0.15) is 29.3 Å². The Morgan fingerprint density at radius 3 is 2.68 bits per heavy atom. The van der Waals surface area contributed by atoms with Crippen LogP contribution in [0.3, 0.4) is 0 Å². The van der Waals surface area contributed by atoms with Crippen LogP contribution in [0.4, 0.5) is 5.69 Å². The van der Waals surface area contributed by atoms with Gasteiger partial charge in [0.25, 0.3) is 0 Å². The van der Waals surface area contributed by atoms with Gasteiger partial charge in [-0.05, 0) is 36.8 Å². The highest BCUT2D eigenvalue weighted by Gasteiger charge is 2.05.